The van der Waals surface area contributed by atoms with Gasteiger partial charge in [-0.2, -0.15) is 0 Å². The van der Waals surface area contributed by atoms with Crippen molar-refractivity contribution < 1.29 is 10.0 Å². The lowest BCUT2D eigenvalue weighted by atomic mass is 9.82. The second kappa shape index (κ2) is 4.90. The van der Waals surface area contributed by atoms with E-state index in [2.05, 4.69) is 16.7 Å². The average molecular weight is 140 g/mol. The van der Waals surface area contributed by atoms with Crippen LogP contribution in [0.4, 0.5) is 0 Å². The Kier molecular flexibility index (Phi) is 4.44. The van der Waals surface area contributed by atoms with Crippen molar-refractivity contribution >= 4 is 20.2 Å². The summed E-state index contributed by atoms with van der Waals surface area (Å²) in [6.07, 6.45) is 2.52. The summed E-state index contributed by atoms with van der Waals surface area (Å²) < 4.78 is 0. The molecule has 0 fully saturated rings. The maximum Gasteiger partial charge on any atom is 0.485 e. The highest BCUT2D eigenvalue weighted by Gasteiger charge is 2.07. The zero-order chi connectivity index (χ0) is 7.98. The first-order valence-corrected chi connectivity index (χ1v) is 2.68. The summed E-state index contributed by atoms with van der Waals surface area (Å²) in [5.41, 5.74) is 0.361. The molecule has 2 N–H and O–H groups in total. The van der Waals surface area contributed by atoms with Crippen molar-refractivity contribution in [3.8, 4) is 0 Å². The van der Waals surface area contributed by atoms with E-state index in [4.69, 9.17) is 10.0 Å². The maximum absolute atomic E-state index is 8.49. The van der Waals surface area contributed by atoms with Gasteiger partial charge in [-0.1, -0.05) is 0 Å². The van der Waals surface area contributed by atoms with Crippen molar-refractivity contribution in [2.45, 2.75) is 6.92 Å². The number of hydrogen-bond acceptors (Lipinski definition) is 3. The minimum absolute atomic E-state index is 0.361. The summed E-state index contributed by atoms with van der Waals surface area (Å²) in [6, 6.07) is 0. The molecular weight excluding hydrogens is 131 g/mol. The van der Waals surface area contributed by atoms with Crippen LogP contribution in [0, 0.1) is 0 Å². The largest absolute Gasteiger partial charge is 0.485 e. The predicted octanol–water partition coefficient (Wildman–Crippen LogP) is -0.369. The minimum atomic E-state index is -1.44. The third-order valence-corrected chi connectivity index (χ3v) is 0.834. The SMILES string of the molecule is C=N/C=N\C=C(/C)B(O)O. The summed E-state index contributed by atoms with van der Waals surface area (Å²) in [5, 5.41) is 17.0. The number of nitrogens with zero attached hydrogens (tertiary/aromatic N) is 2. The van der Waals surface area contributed by atoms with E-state index < -0.39 is 7.12 Å². The molecule has 0 amide bonds. The third-order valence-electron chi connectivity index (χ3n) is 0.834. The van der Waals surface area contributed by atoms with Crippen molar-refractivity contribution in [1.82, 2.24) is 0 Å². The molecule has 0 aliphatic rings. The first-order valence-electron chi connectivity index (χ1n) is 2.68. The fraction of sp³-hybridized carbons (Fsp3) is 0.200. The zero-order valence-corrected chi connectivity index (χ0v) is 5.73. The molecule has 0 aromatic carbocycles. The van der Waals surface area contributed by atoms with E-state index in [0.29, 0.717) is 5.47 Å². The highest BCUT2D eigenvalue weighted by molar-refractivity contribution is 6.50. The molecule has 5 heteroatoms. The topological polar surface area (TPSA) is 65.2 Å². The normalized spacial score (nSPS) is 12.1. The molecule has 54 valence electrons. The summed E-state index contributed by atoms with van der Waals surface area (Å²) in [6.45, 7) is 4.70. The highest BCUT2D eigenvalue weighted by Crippen LogP contribution is 1.92. The molecular formula is C5H9BN2O2. The van der Waals surface area contributed by atoms with Gasteiger partial charge >= 0.3 is 7.12 Å². The van der Waals surface area contributed by atoms with Crippen molar-refractivity contribution in [3.63, 3.8) is 0 Å². The highest BCUT2D eigenvalue weighted by atomic mass is 16.4. The van der Waals surface area contributed by atoms with Crippen LogP contribution in [0.15, 0.2) is 21.7 Å². The van der Waals surface area contributed by atoms with E-state index in [1.807, 2.05) is 0 Å². The molecule has 0 aliphatic carbocycles. The molecule has 0 saturated heterocycles. The fourth-order valence-corrected chi connectivity index (χ4v) is 0.265. The van der Waals surface area contributed by atoms with Gasteiger partial charge in [0.15, 0.2) is 0 Å². The van der Waals surface area contributed by atoms with E-state index in [1.54, 1.807) is 6.92 Å². The number of allylic oxidation sites excluding steroid dienone is 1. The van der Waals surface area contributed by atoms with E-state index in [1.165, 1.54) is 12.5 Å². The zero-order valence-electron chi connectivity index (χ0n) is 5.73. The van der Waals surface area contributed by atoms with Crippen LogP contribution in [0.5, 0.6) is 0 Å². The lowest BCUT2D eigenvalue weighted by Gasteiger charge is -1.92. The summed E-state index contributed by atoms with van der Waals surface area (Å²) in [7, 11) is -1.44. The molecule has 0 heterocycles. The fourth-order valence-electron chi connectivity index (χ4n) is 0.265. The summed E-state index contributed by atoms with van der Waals surface area (Å²) >= 11 is 0. The third kappa shape index (κ3) is 4.00. The molecule has 0 spiro atoms. The van der Waals surface area contributed by atoms with E-state index in [0.717, 1.165) is 0 Å². The Hall–Kier alpha value is -0.935. The van der Waals surface area contributed by atoms with E-state index in [9.17, 15) is 0 Å². The van der Waals surface area contributed by atoms with Crippen molar-refractivity contribution in [1.29, 1.82) is 0 Å². The van der Waals surface area contributed by atoms with Crippen LogP contribution in [-0.4, -0.2) is 30.2 Å². The first kappa shape index (κ1) is 9.06. The Morgan fingerprint density at radius 1 is 1.60 bits per heavy atom. The van der Waals surface area contributed by atoms with Gasteiger partial charge in [-0.25, -0.2) is 4.99 Å². The van der Waals surface area contributed by atoms with E-state index >= 15 is 0 Å². The van der Waals surface area contributed by atoms with Gasteiger partial charge < -0.3 is 10.0 Å². The Morgan fingerprint density at radius 2 is 2.20 bits per heavy atom. The monoisotopic (exact) mass is 140 g/mol. The Bertz CT molecular complexity index is 165. The lowest BCUT2D eigenvalue weighted by Crippen LogP contribution is -2.12. The Labute approximate surface area is 59.8 Å². The van der Waals surface area contributed by atoms with Crippen LogP contribution in [0.1, 0.15) is 6.92 Å². The van der Waals surface area contributed by atoms with Crippen LogP contribution in [0.25, 0.3) is 0 Å². The standard InChI is InChI=1S/C5H9BN2O2/c1-5(6(9)10)3-8-4-7-2/h3-4,9-10H,2H2,1H3/b5-3+,8-4-. The van der Waals surface area contributed by atoms with Crippen molar-refractivity contribution in [3.05, 3.63) is 11.7 Å². The predicted molar refractivity (Wildman–Crippen MR) is 42.0 cm³/mol. The smallest absolute Gasteiger partial charge is 0.423 e. The Balaban J connectivity index is 3.91. The second-order valence-electron chi connectivity index (χ2n) is 1.69. The quantitative estimate of drug-likeness (QED) is 0.319. The molecule has 0 aliphatic heterocycles. The minimum Gasteiger partial charge on any atom is -0.423 e. The average Bonchev–Trinajstić information content (AvgIpc) is 1.88. The molecule has 0 atom stereocenters. The maximum atomic E-state index is 8.49. The van der Waals surface area contributed by atoms with Gasteiger partial charge in [-0.3, -0.25) is 4.99 Å². The van der Waals surface area contributed by atoms with Crippen LogP contribution >= 0.6 is 0 Å². The molecule has 0 unspecified atom stereocenters. The van der Waals surface area contributed by atoms with Crippen LogP contribution in [0.2, 0.25) is 0 Å². The Morgan fingerprint density at radius 3 is 2.60 bits per heavy atom. The molecule has 0 rings (SSSR count). The van der Waals surface area contributed by atoms with Gasteiger partial charge in [-0.15, -0.1) is 0 Å². The number of hydrogen-bond donors (Lipinski definition) is 2. The summed E-state index contributed by atoms with van der Waals surface area (Å²) in [5.74, 6) is 0. The van der Waals surface area contributed by atoms with Gasteiger partial charge in [0, 0.05) is 6.20 Å². The number of rotatable bonds is 3. The molecule has 0 aromatic rings. The van der Waals surface area contributed by atoms with Gasteiger partial charge in [-0.05, 0) is 19.1 Å². The molecule has 0 bridgehead atoms. The van der Waals surface area contributed by atoms with Crippen LogP contribution in [0.3, 0.4) is 0 Å². The number of aliphatic imine (C=N–C) groups is 2. The summed E-state index contributed by atoms with van der Waals surface area (Å²) in [4.78, 5) is 6.89. The second-order valence-corrected chi connectivity index (χ2v) is 1.69. The van der Waals surface area contributed by atoms with Crippen molar-refractivity contribution in [2.75, 3.05) is 0 Å². The first-order chi connectivity index (χ1) is 4.68. The van der Waals surface area contributed by atoms with Gasteiger partial charge in [0.25, 0.3) is 0 Å². The van der Waals surface area contributed by atoms with Gasteiger partial charge in [0.05, 0.1) is 0 Å². The molecule has 0 saturated carbocycles. The molecule has 10 heavy (non-hydrogen) atoms. The van der Waals surface area contributed by atoms with Gasteiger partial charge in [0.2, 0.25) is 0 Å². The van der Waals surface area contributed by atoms with Gasteiger partial charge in [0.1, 0.15) is 6.34 Å². The molecule has 4 nitrogen and oxygen atoms in total. The van der Waals surface area contributed by atoms with E-state index in [-0.39, 0.29) is 0 Å². The van der Waals surface area contributed by atoms with Crippen molar-refractivity contribution in [2.24, 2.45) is 9.98 Å². The van der Waals surface area contributed by atoms with Crippen LogP contribution < -0.4 is 0 Å². The molecule has 0 aromatic heterocycles. The molecule has 0 radical (unpaired) electrons. The van der Waals surface area contributed by atoms with Crippen LogP contribution in [-0.2, 0) is 0 Å². The lowest BCUT2D eigenvalue weighted by molar-refractivity contribution is 0.419.